The van der Waals surface area contributed by atoms with Gasteiger partial charge in [-0.15, -0.1) is 6.58 Å². The van der Waals surface area contributed by atoms with Crippen LogP contribution in [0.2, 0.25) is 0 Å². The van der Waals surface area contributed by atoms with E-state index >= 15 is 0 Å². The highest BCUT2D eigenvalue weighted by atomic mass is 16.6. The molecule has 0 spiro atoms. The van der Waals surface area contributed by atoms with Crippen molar-refractivity contribution in [3.8, 4) is 0 Å². The average Bonchev–Trinajstić information content (AvgIpc) is 2.62. The predicted octanol–water partition coefficient (Wildman–Crippen LogP) is 3.18. The molecular formula is C15H22O2. The smallest absolute Gasteiger partial charge is 0.309 e. The molecule has 3 rings (SSSR count). The van der Waals surface area contributed by atoms with Gasteiger partial charge in [0.2, 0.25) is 0 Å². The fraction of sp³-hybridized carbons (Fsp3) is 0.800. The first-order chi connectivity index (χ1) is 8.22. The van der Waals surface area contributed by atoms with Gasteiger partial charge in [-0.25, -0.2) is 0 Å². The van der Waals surface area contributed by atoms with Crippen molar-refractivity contribution < 1.29 is 9.53 Å². The first kappa shape index (κ1) is 11.3. The molecule has 0 bridgehead atoms. The van der Waals surface area contributed by atoms with Gasteiger partial charge < -0.3 is 4.74 Å². The van der Waals surface area contributed by atoms with Gasteiger partial charge in [-0.1, -0.05) is 25.3 Å². The third-order valence-corrected chi connectivity index (χ3v) is 5.35. The number of esters is 1. The van der Waals surface area contributed by atoms with Gasteiger partial charge in [0, 0.05) is 5.92 Å². The van der Waals surface area contributed by atoms with Crippen molar-refractivity contribution >= 4 is 5.97 Å². The molecule has 3 aliphatic rings. The molecular weight excluding hydrogens is 212 g/mol. The quantitative estimate of drug-likeness (QED) is 0.514. The lowest BCUT2D eigenvalue weighted by molar-refractivity contribution is -0.144. The van der Waals surface area contributed by atoms with Crippen LogP contribution >= 0.6 is 0 Å². The molecule has 0 radical (unpaired) electrons. The van der Waals surface area contributed by atoms with Gasteiger partial charge in [0.15, 0.2) is 0 Å². The van der Waals surface area contributed by atoms with Gasteiger partial charge in [-0.2, -0.15) is 0 Å². The fourth-order valence-corrected chi connectivity index (χ4v) is 4.65. The SMILES string of the molecule is C=CC1C2CCCCC2CC2C(=O)OC(C)C21. The molecule has 2 saturated carbocycles. The lowest BCUT2D eigenvalue weighted by Crippen LogP contribution is -2.42. The number of hydrogen-bond donors (Lipinski definition) is 0. The second-order valence-electron chi connectivity index (χ2n) is 6.08. The second-order valence-corrected chi connectivity index (χ2v) is 6.08. The lowest BCUT2D eigenvalue weighted by Gasteiger charge is -2.45. The maximum atomic E-state index is 11.9. The number of carbonyl (C=O) groups excluding carboxylic acids is 1. The van der Waals surface area contributed by atoms with E-state index in [4.69, 9.17) is 4.74 Å². The molecule has 2 aliphatic carbocycles. The van der Waals surface area contributed by atoms with Gasteiger partial charge >= 0.3 is 5.97 Å². The van der Waals surface area contributed by atoms with E-state index in [1.54, 1.807) is 0 Å². The van der Waals surface area contributed by atoms with Crippen molar-refractivity contribution in [3.05, 3.63) is 12.7 Å². The molecule has 1 aliphatic heterocycles. The van der Waals surface area contributed by atoms with Crippen LogP contribution in [0.4, 0.5) is 0 Å². The summed E-state index contributed by atoms with van der Waals surface area (Å²) in [5.74, 6) is 2.62. The Labute approximate surface area is 103 Å². The Bertz CT molecular complexity index is 336. The normalized spacial score (nSPS) is 49.1. The zero-order valence-electron chi connectivity index (χ0n) is 10.6. The van der Waals surface area contributed by atoms with Gasteiger partial charge in [0.25, 0.3) is 0 Å². The molecule has 0 aromatic rings. The molecule has 2 heteroatoms. The Balaban J connectivity index is 1.90. The average molecular weight is 234 g/mol. The van der Waals surface area contributed by atoms with E-state index in [1.807, 2.05) is 0 Å². The van der Waals surface area contributed by atoms with Crippen molar-refractivity contribution in [2.45, 2.75) is 45.1 Å². The second kappa shape index (κ2) is 4.15. The molecule has 94 valence electrons. The largest absolute Gasteiger partial charge is 0.462 e. The van der Waals surface area contributed by atoms with Crippen LogP contribution in [0.25, 0.3) is 0 Å². The summed E-state index contributed by atoms with van der Waals surface area (Å²) in [5.41, 5.74) is 0. The van der Waals surface area contributed by atoms with E-state index in [9.17, 15) is 4.79 Å². The summed E-state index contributed by atoms with van der Waals surface area (Å²) >= 11 is 0. The van der Waals surface area contributed by atoms with E-state index in [0.717, 1.165) is 18.3 Å². The number of rotatable bonds is 1. The number of allylic oxidation sites excluding steroid dienone is 1. The summed E-state index contributed by atoms with van der Waals surface area (Å²) in [6.07, 6.45) is 8.60. The first-order valence-corrected chi connectivity index (χ1v) is 7.05. The van der Waals surface area contributed by atoms with E-state index in [-0.39, 0.29) is 18.0 Å². The van der Waals surface area contributed by atoms with Crippen molar-refractivity contribution in [1.29, 1.82) is 0 Å². The Morgan fingerprint density at radius 3 is 2.88 bits per heavy atom. The summed E-state index contributed by atoms with van der Waals surface area (Å²) < 4.78 is 5.46. The lowest BCUT2D eigenvalue weighted by atomic mass is 9.57. The number of cyclic esters (lactones) is 1. The third-order valence-electron chi connectivity index (χ3n) is 5.35. The minimum atomic E-state index is 0.0540. The van der Waals surface area contributed by atoms with Crippen LogP contribution in [0.1, 0.15) is 39.0 Å². The van der Waals surface area contributed by atoms with E-state index in [2.05, 4.69) is 19.6 Å². The Kier molecular flexibility index (Phi) is 2.76. The van der Waals surface area contributed by atoms with E-state index in [0.29, 0.717) is 11.8 Å². The maximum absolute atomic E-state index is 11.9. The van der Waals surface area contributed by atoms with Crippen molar-refractivity contribution in [3.63, 3.8) is 0 Å². The molecule has 0 N–H and O–H groups in total. The molecule has 17 heavy (non-hydrogen) atoms. The minimum absolute atomic E-state index is 0.0540. The topological polar surface area (TPSA) is 26.3 Å². The number of fused-ring (bicyclic) bond motifs is 2. The highest BCUT2D eigenvalue weighted by Gasteiger charge is 2.53. The van der Waals surface area contributed by atoms with E-state index in [1.165, 1.54) is 25.7 Å². The third kappa shape index (κ3) is 1.64. The van der Waals surface area contributed by atoms with Crippen LogP contribution in [0.3, 0.4) is 0 Å². The van der Waals surface area contributed by atoms with Crippen molar-refractivity contribution in [2.75, 3.05) is 0 Å². The number of carbonyl (C=O) groups is 1. The van der Waals surface area contributed by atoms with Crippen LogP contribution in [0.15, 0.2) is 12.7 Å². The zero-order valence-corrected chi connectivity index (χ0v) is 10.6. The highest BCUT2D eigenvalue weighted by molar-refractivity contribution is 5.75. The molecule has 0 aromatic heterocycles. The summed E-state index contributed by atoms with van der Waals surface area (Å²) in [6, 6.07) is 0. The Hall–Kier alpha value is -0.790. The van der Waals surface area contributed by atoms with Crippen LogP contribution in [0.5, 0.6) is 0 Å². The van der Waals surface area contributed by atoms with Crippen molar-refractivity contribution in [2.24, 2.45) is 29.6 Å². The van der Waals surface area contributed by atoms with Crippen LogP contribution < -0.4 is 0 Å². The van der Waals surface area contributed by atoms with Crippen LogP contribution in [-0.2, 0) is 9.53 Å². The Morgan fingerprint density at radius 1 is 1.35 bits per heavy atom. The summed E-state index contributed by atoms with van der Waals surface area (Å²) in [7, 11) is 0. The molecule has 2 nitrogen and oxygen atoms in total. The predicted molar refractivity (Wildman–Crippen MR) is 66.3 cm³/mol. The molecule has 1 saturated heterocycles. The fourth-order valence-electron chi connectivity index (χ4n) is 4.65. The summed E-state index contributed by atoms with van der Waals surface area (Å²) in [6.45, 7) is 6.09. The molecule has 0 amide bonds. The monoisotopic (exact) mass is 234 g/mol. The Morgan fingerprint density at radius 2 is 2.12 bits per heavy atom. The van der Waals surface area contributed by atoms with Crippen molar-refractivity contribution in [1.82, 2.24) is 0 Å². The standard InChI is InChI=1S/C15H22O2/c1-3-11-12-7-5-4-6-10(12)8-13-14(11)9(2)17-15(13)16/h3,9-14H,1,4-8H2,2H3. The summed E-state index contributed by atoms with van der Waals surface area (Å²) in [5, 5.41) is 0. The van der Waals surface area contributed by atoms with Gasteiger partial charge in [0.1, 0.15) is 6.10 Å². The van der Waals surface area contributed by atoms with E-state index < -0.39 is 0 Å². The van der Waals surface area contributed by atoms with Crippen LogP contribution in [0, 0.1) is 29.6 Å². The molecule has 1 heterocycles. The highest BCUT2D eigenvalue weighted by Crippen LogP contribution is 2.53. The molecule has 0 aromatic carbocycles. The zero-order chi connectivity index (χ0) is 12.0. The van der Waals surface area contributed by atoms with Crippen LogP contribution in [-0.4, -0.2) is 12.1 Å². The molecule has 3 fully saturated rings. The first-order valence-electron chi connectivity index (χ1n) is 7.05. The maximum Gasteiger partial charge on any atom is 0.309 e. The minimum Gasteiger partial charge on any atom is -0.462 e. The van der Waals surface area contributed by atoms with Gasteiger partial charge in [-0.05, 0) is 37.5 Å². The number of ether oxygens (including phenoxy) is 1. The molecule has 6 atom stereocenters. The van der Waals surface area contributed by atoms with Gasteiger partial charge in [-0.3, -0.25) is 4.79 Å². The summed E-state index contributed by atoms with van der Waals surface area (Å²) in [4.78, 5) is 11.9. The molecule has 6 unspecified atom stereocenters. The number of hydrogen-bond acceptors (Lipinski definition) is 2. The van der Waals surface area contributed by atoms with Gasteiger partial charge in [0.05, 0.1) is 5.92 Å².